The molecule has 0 aliphatic carbocycles. The highest BCUT2D eigenvalue weighted by Gasteiger charge is 2.13. The number of methoxy groups -OCH3 is 1. The average Bonchev–Trinajstić information content (AvgIpc) is 2.48. The van der Waals surface area contributed by atoms with Crippen LogP contribution in [0.5, 0.6) is 5.75 Å². The van der Waals surface area contributed by atoms with Crippen molar-refractivity contribution in [2.45, 2.75) is 19.2 Å². The summed E-state index contributed by atoms with van der Waals surface area (Å²) in [4.78, 5) is 0. The molecule has 0 saturated carbocycles. The maximum Gasteiger partial charge on any atom is 0.216 e. The first-order chi connectivity index (χ1) is 10.4. The third kappa shape index (κ3) is 4.54. The predicted octanol–water partition coefficient (Wildman–Crippen LogP) is 2.76. The summed E-state index contributed by atoms with van der Waals surface area (Å²) < 4.78 is 44.8. The molecule has 0 saturated heterocycles. The predicted molar refractivity (Wildman–Crippen MR) is 83.6 cm³/mol. The zero-order valence-electron chi connectivity index (χ0n) is 12.5. The fraction of sp³-hybridized carbons (Fsp3) is 0.250. The molecular weight excluding hydrogens is 305 g/mol. The molecule has 0 aliphatic heterocycles. The quantitative estimate of drug-likeness (QED) is 0.889. The van der Waals surface area contributed by atoms with Gasteiger partial charge in [-0.05, 0) is 30.7 Å². The molecule has 0 aromatic heterocycles. The molecule has 22 heavy (non-hydrogen) atoms. The fourth-order valence-corrected chi connectivity index (χ4v) is 3.19. The number of sulfonamides is 1. The van der Waals surface area contributed by atoms with Crippen molar-refractivity contribution in [3.8, 4) is 5.75 Å². The zero-order chi connectivity index (χ0) is 16.2. The van der Waals surface area contributed by atoms with E-state index in [1.165, 1.54) is 24.3 Å². The van der Waals surface area contributed by atoms with Gasteiger partial charge in [0, 0.05) is 12.1 Å². The summed E-state index contributed by atoms with van der Waals surface area (Å²) >= 11 is 0. The molecule has 0 bridgehead atoms. The van der Waals surface area contributed by atoms with Gasteiger partial charge in [-0.1, -0.05) is 29.8 Å². The van der Waals surface area contributed by atoms with Crippen LogP contribution < -0.4 is 9.46 Å². The molecular formula is C16H18FNO3S. The van der Waals surface area contributed by atoms with E-state index in [2.05, 4.69) is 4.72 Å². The van der Waals surface area contributed by atoms with Crippen molar-refractivity contribution in [3.05, 3.63) is 65.0 Å². The van der Waals surface area contributed by atoms with Crippen LogP contribution >= 0.6 is 0 Å². The van der Waals surface area contributed by atoms with Gasteiger partial charge < -0.3 is 4.74 Å². The van der Waals surface area contributed by atoms with Gasteiger partial charge in [0.25, 0.3) is 0 Å². The molecule has 2 aromatic carbocycles. The summed E-state index contributed by atoms with van der Waals surface area (Å²) in [6.45, 7) is 2.07. The number of aryl methyl sites for hydroxylation is 1. The van der Waals surface area contributed by atoms with Crippen LogP contribution in [-0.4, -0.2) is 15.5 Å². The average molecular weight is 323 g/mol. The summed E-state index contributed by atoms with van der Waals surface area (Å²) in [5, 5.41) is 0. The van der Waals surface area contributed by atoms with Crippen LogP contribution in [0.25, 0.3) is 0 Å². The second kappa shape index (κ2) is 6.89. The summed E-state index contributed by atoms with van der Waals surface area (Å²) in [5.41, 5.74) is 2.32. The van der Waals surface area contributed by atoms with Crippen molar-refractivity contribution >= 4 is 10.0 Å². The van der Waals surface area contributed by atoms with E-state index in [0.717, 1.165) is 11.1 Å². The number of rotatable bonds is 6. The first-order valence-electron chi connectivity index (χ1n) is 6.75. The van der Waals surface area contributed by atoms with E-state index in [1.807, 2.05) is 19.1 Å². The second-order valence-corrected chi connectivity index (χ2v) is 6.83. The van der Waals surface area contributed by atoms with Gasteiger partial charge in [0.05, 0.1) is 12.9 Å². The van der Waals surface area contributed by atoms with Crippen LogP contribution in [-0.2, 0) is 22.3 Å². The van der Waals surface area contributed by atoms with Crippen molar-refractivity contribution < 1.29 is 17.5 Å². The molecule has 0 heterocycles. The molecule has 0 atom stereocenters. The minimum atomic E-state index is -3.51. The van der Waals surface area contributed by atoms with Crippen LogP contribution in [0.3, 0.4) is 0 Å². The number of hydrogen-bond acceptors (Lipinski definition) is 3. The van der Waals surface area contributed by atoms with Gasteiger partial charge in [0.2, 0.25) is 10.0 Å². The number of ether oxygens (including phenoxy) is 1. The standard InChI is InChI=1S/C16H18FNO3S/c1-12-3-8-16(21-2)14(9-12)10-18-22(19,20)11-13-4-6-15(17)7-5-13/h3-9,18H,10-11H2,1-2H3. The van der Waals surface area contributed by atoms with Gasteiger partial charge in [-0.3, -0.25) is 0 Å². The lowest BCUT2D eigenvalue weighted by Gasteiger charge is -2.11. The van der Waals surface area contributed by atoms with E-state index in [-0.39, 0.29) is 12.3 Å². The molecule has 0 amide bonds. The van der Waals surface area contributed by atoms with Crippen LogP contribution in [0.1, 0.15) is 16.7 Å². The summed E-state index contributed by atoms with van der Waals surface area (Å²) in [7, 11) is -1.97. The Morgan fingerprint density at radius 1 is 1.14 bits per heavy atom. The molecule has 0 unspecified atom stereocenters. The Hall–Kier alpha value is -1.92. The molecule has 118 valence electrons. The lowest BCUT2D eigenvalue weighted by atomic mass is 10.1. The molecule has 0 spiro atoms. The van der Waals surface area contributed by atoms with Crippen molar-refractivity contribution in [3.63, 3.8) is 0 Å². The molecule has 0 fully saturated rings. The van der Waals surface area contributed by atoms with Crippen LogP contribution in [0, 0.1) is 12.7 Å². The van der Waals surface area contributed by atoms with Crippen molar-refractivity contribution in [1.29, 1.82) is 0 Å². The van der Waals surface area contributed by atoms with E-state index in [4.69, 9.17) is 4.74 Å². The molecule has 0 aliphatic rings. The van der Waals surface area contributed by atoms with Crippen LogP contribution in [0.15, 0.2) is 42.5 Å². The SMILES string of the molecule is COc1ccc(C)cc1CNS(=O)(=O)Cc1ccc(F)cc1. The first kappa shape index (κ1) is 16.5. The summed E-state index contributed by atoms with van der Waals surface area (Å²) in [6.07, 6.45) is 0. The topological polar surface area (TPSA) is 55.4 Å². The van der Waals surface area contributed by atoms with Crippen molar-refractivity contribution in [2.75, 3.05) is 7.11 Å². The highest BCUT2D eigenvalue weighted by molar-refractivity contribution is 7.88. The fourth-order valence-electron chi connectivity index (χ4n) is 2.08. The third-order valence-corrected chi connectivity index (χ3v) is 4.49. The Morgan fingerprint density at radius 2 is 1.82 bits per heavy atom. The highest BCUT2D eigenvalue weighted by Crippen LogP contribution is 2.19. The third-order valence-electron chi connectivity index (χ3n) is 3.19. The smallest absolute Gasteiger partial charge is 0.216 e. The summed E-state index contributed by atoms with van der Waals surface area (Å²) in [6, 6.07) is 11.0. The van der Waals surface area contributed by atoms with Crippen LogP contribution in [0.4, 0.5) is 4.39 Å². The Balaban J connectivity index is 2.06. The van der Waals surface area contributed by atoms with Crippen molar-refractivity contribution in [2.24, 2.45) is 0 Å². The first-order valence-corrected chi connectivity index (χ1v) is 8.40. The van der Waals surface area contributed by atoms with Gasteiger partial charge in [-0.15, -0.1) is 0 Å². The van der Waals surface area contributed by atoms with Gasteiger partial charge in [-0.2, -0.15) is 0 Å². The number of nitrogens with one attached hydrogen (secondary N) is 1. The molecule has 2 aromatic rings. The van der Waals surface area contributed by atoms with Gasteiger partial charge in [-0.25, -0.2) is 17.5 Å². The molecule has 6 heteroatoms. The maximum atomic E-state index is 12.8. The Bertz CT molecular complexity index is 742. The number of halogens is 1. The van der Waals surface area contributed by atoms with Crippen LogP contribution in [0.2, 0.25) is 0 Å². The van der Waals surface area contributed by atoms with E-state index in [0.29, 0.717) is 11.3 Å². The molecule has 4 nitrogen and oxygen atoms in total. The zero-order valence-corrected chi connectivity index (χ0v) is 13.3. The molecule has 1 N–H and O–H groups in total. The van der Waals surface area contributed by atoms with E-state index in [9.17, 15) is 12.8 Å². The Kier molecular flexibility index (Phi) is 5.15. The van der Waals surface area contributed by atoms with E-state index >= 15 is 0 Å². The number of benzene rings is 2. The lowest BCUT2D eigenvalue weighted by molar-refractivity contribution is 0.409. The number of hydrogen-bond donors (Lipinski definition) is 1. The molecule has 2 rings (SSSR count). The Morgan fingerprint density at radius 3 is 2.45 bits per heavy atom. The normalized spacial score (nSPS) is 11.4. The monoisotopic (exact) mass is 323 g/mol. The van der Waals surface area contributed by atoms with Gasteiger partial charge in [0.1, 0.15) is 11.6 Å². The van der Waals surface area contributed by atoms with Crippen molar-refractivity contribution in [1.82, 2.24) is 4.72 Å². The summed E-state index contributed by atoms with van der Waals surface area (Å²) in [5.74, 6) is 0.0511. The minimum Gasteiger partial charge on any atom is -0.496 e. The largest absolute Gasteiger partial charge is 0.496 e. The second-order valence-electron chi connectivity index (χ2n) is 5.02. The minimum absolute atomic E-state index is 0.147. The van der Waals surface area contributed by atoms with E-state index in [1.54, 1.807) is 13.2 Å². The van der Waals surface area contributed by atoms with Gasteiger partial charge >= 0.3 is 0 Å². The van der Waals surface area contributed by atoms with Gasteiger partial charge in [0.15, 0.2) is 0 Å². The lowest BCUT2D eigenvalue weighted by Crippen LogP contribution is -2.25. The van der Waals surface area contributed by atoms with E-state index < -0.39 is 15.8 Å². The highest BCUT2D eigenvalue weighted by atomic mass is 32.2. The maximum absolute atomic E-state index is 12.8. The molecule has 0 radical (unpaired) electrons. The Labute approximate surface area is 130 Å².